The van der Waals surface area contributed by atoms with Crippen LogP contribution in [-0.2, 0) is 9.53 Å². The molecule has 0 aromatic carbocycles. The largest absolute Gasteiger partial charge is 0.481 e. The number of carbonyl (C=O) groups is 1. The van der Waals surface area contributed by atoms with Crippen molar-refractivity contribution in [1.29, 1.82) is 0 Å². The number of carboxylic acid groups (broad SMARTS) is 1. The van der Waals surface area contributed by atoms with Gasteiger partial charge in [-0.2, -0.15) is 0 Å². The molecule has 2 saturated heterocycles. The molecule has 2 aliphatic rings. The summed E-state index contributed by atoms with van der Waals surface area (Å²) in [6.07, 6.45) is 1.53. The highest BCUT2D eigenvalue weighted by Gasteiger charge is 2.39. The van der Waals surface area contributed by atoms with Gasteiger partial charge in [0, 0.05) is 0 Å². The van der Waals surface area contributed by atoms with Gasteiger partial charge in [0.2, 0.25) is 0 Å². The molecule has 0 spiro atoms. The highest BCUT2D eigenvalue weighted by Crippen LogP contribution is 2.32. The first-order valence-corrected chi connectivity index (χ1v) is 5.17. The average molecular weight is 199 g/mol. The first-order valence-electron chi connectivity index (χ1n) is 5.17. The van der Waals surface area contributed by atoms with Crippen LogP contribution in [0.2, 0.25) is 0 Å². The average Bonchev–Trinajstić information content (AvgIpc) is 2.06. The summed E-state index contributed by atoms with van der Waals surface area (Å²) < 4.78 is 5.13. The van der Waals surface area contributed by atoms with Gasteiger partial charge in [-0.15, -0.1) is 0 Å². The number of hydrogen-bond donors (Lipinski definition) is 1. The molecule has 0 amide bonds. The smallest absolute Gasteiger partial charge is 0.309 e. The zero-order chi connectivity index (χ0) is 10.2. The number of rotatable bonds is 2. The zero-order valence-corrected chi connectivity index (χ0v) is 8.53. The van der Waals surface area contributed by atoms with Crippen LogP contribution in [0.1, 0.15) is 19.8 Å². The fraction of sp³-hybridized carbons (Fsp3) is 0.900. The van der Waals surface area contributed by atoms with Gasteiger partial charge < -0.3 is 9.84 Å². The van der Waals surface area contributed by atoms with E-state index in [4.69, 9.17) is 9.84 Å². The van der Waals surface area contributed by atoms with E-state index in [1.807, 2.05) is 6.92 Å². The molecule has 4 heteroatoms. The van der Waals surface area contributed by atoms with Crippen LogP contribution >= 0.6 is 0 Å². The van der Waals surface area contributed by atoms with E-state index in [9.17, 15) is 4.79 Å². The Morgan fingerprint density at radius 1 is 1.43 bits per heavy atom. The fourth-order valence-corrected chi connectivity index (χ4v) is 2.03. The van der Waals surface area contributed by atoms with Crippen LogP contribution in [-0.4, -0.2) is 48.3 Å². The Hall–Kier alpha value is -0.610. The standard InChI is InChI=1S/C10H17NO3/c1-10(9(12)13)2-4-11(5-3-10)8-6-14-7-8/h8H,2-7H2,1H3,(H,12,13). The minimum absolute atomic E-state index is 0.499. The Balaban J connectivity index is 1.87. The van der Waals surface area contributed by atoms with E-state index in [-0.39, 0.29) is 0 Å². The van der Waals surface area contributed by atoms with Gasteiger partial charge in [0.05, 0.1) is 24.7 Å². The Morgan fingerprint density at radius 3 is 2.36 bits per heavy atom. The quantitative estimate of drug-likeness (QED) is 0.706. The van der Waals surface area contributed by atoms with Crippen LogP contribution in [0.4, 0.5) is 0 Å². The second-order valence-corrected chi connectivity index (χ2v) is 4.59. The number of ether oxygens (including phenoxy) is 1. The second kappa shape index (κ2) is 3.51. The Kier molecular flexibility index (Phi) is 2.49. The van der Waals surface area contributed by atoms with Crippen molar-refractivity contribution in [1.82, 2.24) is 4.90 Å². The Labute approximate surface area is 83.8 Å². The van der Waals surface area contributed by atoms with Crippen molar-refractivity contribution in [2.24, 2.45) is 5.41 Å². The normalized spacial score (nSPS) is 28.4. The number of piperidine rings is 1. The van der Waals surface area contributed by atoms with Gasteiger partial charge in [0.25, 0.3) is 0 Å². The van der Waals surface area contributed by atoms with Gasteiger partial charge in [-0.3, -0.25) is 9.69 Å². The van der Waals surface area contributed by atoms with Crippen LogP contribution < -0.4 is 0 Å². The van der Waals surface area contributed by atoms with Crippen molar-refractivity contribution in [2.45, 2.75) is 25.8 Å². The third-order valence-corrected chi connectivity index (χ3v) is 3.55. The summed E-state index contributed by atoms with van der Waals surface area (Å²) in [7, 11) is 0. The van der Waals surface area contributed by atoms with Crippen molar-refractivity contribution in [2.75, 3.05) is 26.3 Å². The summed E-state index contributed by atoms with van der Waals surface area (Å²) in [5, 5.41) is 9.05. The summed E-state index contributed by atoms with van der Waals surface area (Å²) in [4.78, 5) is 13.3. The summed E-state index contributed by atoms with van der Waals surface area (Å²) >= 11 is 0. The topological polar surface area (TPSA) is 49.8 Å². The van der Waals surface area contributed by atoms with Crippen LogP contribution in [0, 0.1) is 5.41 Å². The van der Waals surface area contributed by atoms with Gasteiger partial charge in [-0.1, -0.05) is 0 Å². The zero-order valence-electron chi connectivity index (χ0n) is 8.53. The van der Waals surface area contributed by atoms with Gasteiger partial charge in [0.15, 0.2) is 0 Å². The molecule has 0 unspecified atom stereocenters. The SMILES string of the molecule is CC1(C(=O)O)CCN(C2COC2)CC1. The van der Waals surface area contributed by atoms with Gasteiger partial charge >= 0.3 is 5.97 Å². The molecule has 80 valence electrons. The van der Waals surface area contributed by atoms with E-state index >= 15 is 0 Å². The predicted molar refractivity (Wildman–Crippen MR) is 51.2 cm³/mol. The molecule has 1 N–H and O–H groups in total. The lowest BCUT2D eigenvalue weighted by Gasteiger charge is -2.43. The lowest BCUT2D eigenvalue weighted by atomic mass is 9.80. The monoisotopic (exact) mass is 199 g/mol. The maximum Gasteiger partial charge on any atom is 0.309 e. The van der Waals surface area contributed by atoms with E-state index in [0.717, 1.165) is 39.1 Å². The molecule has 2 rings (SSSR count). The summed E-state index contributed by atoms with van der Waals surface area (Å²) in [5.41, 5.74) is -0.499. The van der Waals surface area contributed by atoms with Gasteiger partial charge in [-0.25, -0.2) is 0 Å². The van der Waals surface area contributed by atoms with Gasteiger partial charge in [-0.05, 0) is 32.9 Å². The predicted octanol–water partition coefficient (Wildman–Crippen LogP) is 0.572. The first-order chi connectivity index (χ1) is 6.62. The minimum Gasteiger partial charge on any atom is -0.481 e. The fourth-order valence-electron chi connectivity index (χ4n) is 2.03. The van der Waals surface area contributed by atoms with Crippen molar-refractivity contribution in [3.63, 3.8) is 0 Å². The van der Waals surface area contributed by atoms with Crippen LogP contribution in [0.5, 0.6) is 0 Å². The Bertz CT molecular complexity index is 230. The minimum atomic E-state index is -0.651. The number of nitrogens with zero attached hydrogens (tertiary/aromatic N) is 1. The molecule has 14 heavy (non-hydrogen) atoms. The molecule has 0 atom stereocenters. The van der Waals surface area contributed by atoms with Crippen LogP contribution in [0.25, 0.3) is 0 Å². The lowest BCUT2D eigenvalue weighted by molar-refractivity contribution is -0.153. The highest BCUT2D eigenvalue weighted by atomic mass is 16.5. The maximum atomic E-state index is 11.0. The lowest BCUT2D eigenvalue weighted by Crippen LogP contribution is -2.54. The number of likely N-dealkylation sites (tertiary alicyclic amines) is 1. The number of hydrogen-bond acceptors (Lipinski definition) is 3. The molecule has 0 aromatic heterocycles. The highest BCUT2D eigenvalue weighted by molar-refractivity contribution is 5.74. The summed E-state index contributed by atoms with van der Waals surface area (Å²) in [5.74, 6) is -0.651. The number of carboxylic acids is 1. The molecule has 4 nitrogen and oxygen atoms in total. The molecular formula is C10H17NO3. The van der Waals surface area contributed by atoms with Gasteiger partial charge in [0.1, 0.15) is 0 Å². The van der Waals surface area contributed by atoms with E-state index in [1.54, 1.807) is 0 Å². The molecule has 0 bridgehead atoms. The van der Waals surface area contributed by atoms with E-state index < -0.39 is 11.4 Å². The molecule has 0 radical (unpaired) electrons. The molecule has 2 fully saturated rings. The van der Waals surface area contributed by atoms with Crippen molar-refractivity contribution < 1.29 is 14.6 Å². The van der Waals surface area contributed by atoms with Crippen LogP contribution in [0.3, 0.4) is 0 Å². The summed E-state index contributed by atoms with van der Waals surface area (Å²) in [6, 6.07) is 0.549. The molecule has 2 heterocycles. The third kappa shape index (κ3) is 1.64. The van der Waals surface area contributed by atoms with E-state index in [2.05, 4.69) is 4.90 Å². The molecule has 0 aromatic rings. The summed E-state index contributed by atoms with van der Waals surface area (Å²) in [6.45, 7) is 5.30. The Morgan fingerprint density at radius 2 is 2.00 bits per heavy atom. The number of aliphatic carboxylic acids is 1. The second-order valence-electron chi connectivity index (χ2n) is 4.59. The van der Waals surface area contributed by atoms with Crippen molar-refractivity contribution >= 4 is 5.97 Å². The van der Waals surface area contributed by atoms with Crippen molar-refractivity contribution in [3.8, 4) is 0 Å². The van der Waals surface area contributed by atoms with Crippen LogP contribution in [0.15, 0.2) is 0 Å². The first kappa shape index (κ1) is 9.93. The molecular weight excluding hydrogens is 182 g/mol. The molecule has 0 aliphatic carbocycles. The van der Waals surface area contributed by atoms with E-state index in [1.165, 1.54) is 0 Å². The molecule has 2 aliphatic heterocycles. The molecule has 0 saturated carbocycles. The van der Waals surface area contributed by atoms with Crippen molar-refractivity contribution in [3.05, 3.63) is 0 Å². The maximum absolute atomic E-state index is 11.0. The van der Waals surface area contributed by atoms with E-state index in [0.29, 0.717) is 6.04 Å². The third-order valence-electron chi connectivity index (χ3n) is 3.55.